The molecule has 0 aliphatic rings. The van der Waals surface area contributed by atoms with Gasteiger partial charge in [-0.15, -0.1) is 0 Å². The van der Waals surface area contributed by atoms with E-state index >= 15 is 0 Å². The molecule has 140 valence electrons. The molecule has 0 unspecified atom stereocenters. The van der Waals surface area contributed by atoms with Crippen LogP contribution in [0.2, 0.25) is 0 Å². The predicted octanol–water partition coefficient (Wildman–Crippen LogP) is 4.36. The number of rotatable bonds is 5. The molecule has 0 saturated heterocycles. The van der Waals surface area contributed by atoms with Crippen molar-refractivity contribution in [2.45, 2.75) is 13.5 Å². The van der Waals surface area contributed by atoms with E-state index in [0.717, 1.165) is 28.9 Å². The Hall–Kier alpha value is -3.06. The maximum atomic E-state index is 13.5. The first-order valence-electron chi connectivity index (χ1n) is 8.18. The highest BCUT2D eigenvalue weighted by Gasteiger charge is 2.13. The van der Waals surface area contributed by atoms with Crippen LogP contribution in [0.1, 0.15) is 11.1 Å². The second kappa shape index (κ2) is 7.67. The Bertz CT molecular complexity index is 953. The first-order valence-corrected chi connectivity index (χ1v) is 8.18. The van der Waals surface area contributed by atoms with E-state index in [1.165, 1.54) is 5.01 Å². The summed E-state index contributed by atoms with van der Waals surface area (Å²) in [7, 11) is 1.73. The van der Waals surface area contributed by atoms with Gasteiger partial charge >= 0.3 is 0 Å². The SMILES string of the molecule is Cc1cccc(N(C)N)c1COc1cccc(-c2cc(F)c(F)c(F)c2)n1. The van der Waals surface area contributed by atoms with E-state index in [1.54, 1.807) is 25.2 Å². The molecule has 0 bridgehead atoms. The molecule has 2 aromatic carbocycles. The number of pyridine rings is 1. The number of benzene rings is 2. The summed E-state index contributed by atoms with van der Waals surface area (Å²) in [6.45, 7) is 2.16. The summed E-state index contributed by atoms with van der Waals surface area (Å²) in [4.78, 5) is 4.25. The van der Waals surface area contributed by atoms with E-state index in [1.807, 2.05) is 25.1 Å². The Morgan fingerprint density at radius 1 is 1.04 bits per heavy atom. The summed E-state index contributed by atoms with van der Waals surface area (Å²) in [6.07, 6.45) is 0. The topological polar surface area (TPSA) is 51.4 Å². The number of halogens is 3. The zero-order chi connectivity index (χ0) is 19.6. The summed E-state index contributed by atoms with van der Waals surface area (Å²) >= 11 is 0. The van der Waals surface area contributed by atoms with Gasteiger partial charge in [0.05, 0.1) is 11.4 Å². The molecule has 1 heterocycles. The van der Waals surface area contributed by atoms with Gasteiger partial charge < -0.3 is 9.75 Å². The number of aryl methyl sites for hydroxylation is 1. The van der Waals surface area contributed by atoms with Gasteiger partial charge in [0.25, 0.3) is 0 Å². The van der Waals surface area contributed by atoms with E-state index in [2.05, 4.69) is 4.98 Å². The van der Waals surface area contributed by atoms with E-state index in [4.69, 9.17) is 10.6 Å². The van der Waals surface area contributed by atoms with Crippen LogP contribution in [0.25, 0.3) is 11.3 Å². The van der Waals surface area contributed by atoms with E-state index in [-0.39, 0.29) is 23.7 Å². The fourth-order valence-corrected chi connectivity index (χ4v) is 2.71. The number of nitrogens with zero attached hydrogens (tertiary/aromatic N) is 2. The third-order valence-electron chi connectivity index (χ3n) is 4.13. The second-order valence-corrected chi connectivity index (χ2v) is 6.09. The smallest absolute Gasteiger partial charge is 0.214 e. The van der Waals surface area contributed by atoms with Gasteiger partial charge in [0.2, 0.25) is 5.88 Å². The van der Waals surface area contributed by atoms with E-state index < -0.39 is 17.5 Å². The standard InChI is InChI=1S/C20H18F3N3O/c1-12-5-3-7-18(26(2)24)14(12)11-27-19-8-4-6-17(25-19)13-9-15(21)20(23)16(22)10-13/h3-10H,11,24H2,1-2H3. The number of hydrogen-bond donors (Lipinski definition) is 1. The Kier molecular flexibility index (Phi) is 5.32. The first kappa shape index (κ1) is 18.7. The molecule has 0 fully saturated rings. The fraction of sp³-hybridized carbons (Fsp3) is 0.150. The predicted molar refractivity (Wildman–Crippen MR) is 97.6 cm³/mol. The van der Waals surface area contributed by atoms with Gasteiger partial charge in [-0.2, -0.15) is 0 Å². The molecule has 0 amide bonds. The normalized spacial score (nSPS) is 10.7. The van der Waals surface area contributed by atoms with Crippen molar-refractivity contribution in [1.82, 2.24) is 4.98 Å². The van der Waals surface area contributed by atoms with Crippen molar-refractivity contribution in [2.75, 3.05) is 12.1 Å². The molecule has 3 rings (SSSR count). The van der Waals surface area contributed by atoms with Crippen LogP contribution in [0.4, 0.5) is 18.9 Å². The average Bonchev–Trinajstić information content (AvgIpc) is 2.64. The number of nitrogens with two attached hydrogens (primary N) is 1. The summed E-state index contributed by atoms with van der Waals surface area (Å²) < 4.78 is 45.8. The monoisotopic (exact) mass is 373 g/mol. The Morgan fingerprint density at radius 2 is 1.70 bits per heavy atom. The van der Waals surface area contributed by atoms with Crippen LogP contribution in [-0.4, -0.2) is 12.0 Å². The molecule has 0 atom stereocenters. The molecule has 0 saturated carbocycles. The molecule has 3 aromatic rings. The highest BCUT2D eigenvalue weighted by molar-refractivity contribution is 5.60. The molecule has 0 aliphatic carbocycles. The Labute approximate surface area is 155 Å². The number of hydrogen-bond acceptors (Lipinski definition) is 4. The first-order chi connectivity index (χ1) is 12.9. The maximum Gasteiger partial charge on any atom is 0.214 e. The quantitative estimate of drug-likeness (QED) is 0.410. The fourth-order valence-electron chi connectivity index (χ4n) is 2.71. The number of aromatic nitrogens is 1. The van der Waals surface area contributed by atoms with Crippen LogP contribution in [0, 0.1) is 24.4 Å². The van der Waals surface area contributed by atoms with Crippen molar-refractivity contribution in [3.05, 3.63) is 77.1 Å². The van der Waals surface area contributed by atoms with E-state index in [9.17, 15) is 13.2 Å². The molecular formula is C20H18F3N3O. The van der Waals surface area contributed by atoms with Crippen LogP contribution >= 0.6 is 0 Å². The zero-order valence-corrected chi connectivity index (χ0v) is 14.8. The largest absolute Gasteiger partial charge is 0.473 e. The van der Waals surface area contributed by atoms with Crippen LogP contribution in [0.3, 0.4) is 0 Å². The van der Waals surface area contributed by atoms with Gasteiger partial charge in [-0.3, -0.25) is 0 Å². The molecule has 4 nitrogen and oxygen atoms in total. The lowest BCUT2D eigenvalue weighted by molar-refractivity contribution is 0.294. The van der Waals surface area contributed by atoms with Crippen molar-refractivity contribution in [3.8, 4) is 17.1 Å². The van der Waals surface area contributed by atoms with Gasteiger partial charge in [0.15, 0.2) is 17.5 Å². The number of hydrazine groups is 1. The molecule has 2 N–H and O–H groups in total. The van der Waals surface area contributed by atoms with Crippen molar-refractivity contribution < 1.29 is 17.9 Å². The lowest BCUT2D eigenvalue weighted by atomic mass is 10.1. The molecule has 0 radical (unpaired) electrons. The van der Waals surface area contributed by atoms with Crippen molar-refractivity contribution in [3.63, 3.8) is 0 Å². The van der Waals surface area contributed by atoms with Crippen LogP contribution in [-0.2, 0) is 6.61 Å². The van der Waals surface area contributed by atoms with Gasteiger partial charge in [-0.1, -0.05) is 18.2 Å². The van der Waals surface area contributed by atoms with Crippen molar-refractivity contribution in [1.29, 1.82) is 0 Å². The minimum Gasteiger partial charge on any atom is -0.473 e. The number of anilines is 1. The van der Waals surface area contributed by atoms with Gasteiger partial charge in [0.1, 0.15) is 6.61 Å². The third kappa shape index (κ3) is 4.03. The van der Waals surface area contributed by atoms with Crippen molar-refractivity contribution >= 4 is 5.69 Å². The molecular weight excluding hydrogens is 355 g/mol. The molecule has 1 aromatic heterocycles. The minimum absolute atomic E-state index is 0.120. The molecule has 0 aliphatic heterocycles. The lowest BCUT2D eigenvalue weighted by Gasteiger charge is -2.19. The third-order valence-corrected chi connectivity index (χ3v) is 4.13. The Balaban J connectivity index is 1.86. The summed E-state index contributed by atoms with van der Waals surface area (Å²) in [5.74, 6) is 2.07. The number of ether oxygens (including phenoxy) is 1. The van der Waals surface area contributed by atoms with Crippen molar-refractivity contribution in [2.24, 2.45) is 5.84 Å². The average molecular weight is 373 g/mol. The van der Waals surface area contributed by atoms with Crippen LogP contribution in [0.5, 0.6) is 5.88 Å². The molecule has 7 heteroatoms. The maximum absolute atomic E-state index is 13.5. The molecule has 27 heavy (non-hydrogen) atoms. The van der Waals surface area contributed by atoms with Gasteiger partial charge in [-0.25, -0.2) is 24.0 Å². The minimum atomic E-state index is -1.51. The second-order valence-electron chi connectivity index (χ2n) is 6.09. The van der Waals surface area contributed by atoms with Crippen LogP contribution in [0.15, 0.2) is 48.5 Å². The summed E-state index contributed by atoms with van der Waals surface area (Å²) in [5, 5.41) is 1.50. The highest BCUT2D eigenvalue weighted by atomic mass is 19.2. The zero-order valence-electron chi connectivity index (χ0n) is 14.8. The summed E-state index contributed by atoms with van der Waals surface area (Å²) in [6, 6.07) is 12.3. The van der Waals surface area contributed by atoms with Gasteiger partial charge in [0, 0.05) is 24.2 Å². The van der Waals surface area contributed by atoms with Crippen LogP contribution < -0.4 is 15.6 Å². The Morgan fingerprint density at radius 3 is 2.37 bits per heavy atom. The molecule has 0 spiro atoms. The lowest BCUT2D eigenvalue weighted by Crippen LogP contribution is -2.26. The summed E-state index contributed by atoms with van der Waals surface area (Å²) in [5.41, 5.74) is 3.10. The van der Waals surface area contributed by atoms with E-state index in [0.29, 0.717) is 0 Å². The highest BCUT2D eigenvalue weighted by Crippen LogP contribution is 2.26. The van der Waals surface area contributed by atoms with Gasteiger partial charge in [-0.05, 0) is 36.8 Å².